The number of para-hydroxylation sites is 1. The van der Waals surface area contributed by atoms with Crippen LogP contribution in [0.15, 0.2) is 54.6 Å². The van der Waals surface area contributed by atoms with Crippen LogP contribution in [0.2, 0.25) is 0 Å². The number of benzene rings is 2. The lowest BCUT2D eigenvalue weighted by Gasteiger charge is -2.18. The lowest BCUT2D eigenvalue weighted by Crippen LogP contribution is -2.20. The van der Waals surface area contributed by atoms with E-state index < -0.39 is 0 Å². The molecule has 0 N–H and O–H groups in total. The summed E-state index contributed by atoms with van der Waals surface area (Å²) in [6.07, 6.45) is 0.568. The maximum absolute atomic E-state index is 11.0. The van der Waals surface area contributed by atoms with Crippen LogP contribution < -0.4 is 9.64 Å². The fourth-order valence-electron chi connectivity index (χ4n) is 1.85. The third kappa shape index (κ3) is 4.12. The van der Waals surface area contributed by atoms with Gasteiger partial charge in [0.25, 0.3) is 0 Å². The van der Waals surface area contributed by atoms with Crippen molar-refractivity contribution in [3.63, 3.8) is 0 Å². The van der Waals surface area contributed by atoms with Gasteiger partial charge in [-0.25, -0.2) is 0 Å². The van der Waals surface area contributed by atoms with Gasteiger partial charge in [-0.3, -0.25) is 4.79 Å². The first kappa shape index (κ1) is 14.1. The van der Waals surface area contributed by atoms with Gasteiger partial charge in [-0.1, -0.05) is 18.2 Å². The zero-order valence-electron chi connectivity index (χ0n) is 11.9. The van der Waals surface area contributed by atoms with Crippen molar-refractivity contribution in [2.75, 3.05) is 18.5 Å². The average Bonchev–Trinajstić information content (AvgIpc) is 2.46. The monoisotopic (exact) mass is 269 g/mol. The molecular weight excluding hydrogens is 250 g/mol. The number of ketones is 1. The second-order valence-electron chi connectivity index (χ2n) is 4.78. The molecule has 2 rings (SSSR count). The number of carbonyl (C=O) groups is 1. The fourth-order valence-corrected chi connectivity index (χ4v) is 1.85. The lowest BCUT2D eigenvalue weighted by atomic mass is 10.2. The van der Waals surface area contributed by atoms with Crippen molar-refractivity contribution in [3.05, 3.63) is 54.6 Å². The number of ether oxygens (including phenoxy) is 1. The molecule has 0 aliphatic rings. The molecule has 0 amide bonds. The summed E-state index contributed by atoms with van der Waals surface area (Å²) in [4.78, 5) is 13.1. The van der Waals surface area contributed by atoms with Crippen LogP contribution in [0.4, 0.5) is 5.69 Å². The van der Waals surface area contributed by atoms with Crippen molar-refractivity contribution in [1.29, 1.82) is 0 Å². The van der Waals surface area contributed by atoms with Gasteiger partial charge in [-0.05, 0) is 43.3 Å². The molecular formula is C17H19NO2. The van der Waals surface area contributed by atoms with Crippen LogP contribution in [0, 0.1) is 0 Å². The third-order valence-corrected chi connectivity index (χ3v) is 3.06. The molecule has 3 nitrogen and oxygen atoms in total. The largest absolute Gasteiger partial charge is 0.457 e. The molecule has 2 aromatic rings. The second kappa shape index (κ2) is 6.75. The van der Waals surface area contributed by atoms with Gasteiger partial charge >= 0.3 is 0 Å². The van der Waals surface area contributed by atoms with E-state index in [2.05, 4.69) is 4.90 Å². The summed E-state index contributed by atoms with van der Waals surface area (Å²) in [5.41, 5.74) is 1.08. The number of hydrogen-bond acceptors (Lipinski definition) is 3. The van der Waals surface area contributed by atoms with E-state index in [-0.39, 0.29) is 5.78 Å². The Morgan fingerprint density at radius 3 is 2.20 bits per heavy atom. The molecule has 0 heterocycles. The van der Waals surface area contributed by atoms with E-state index in [0.717, 1.165) is 23.7 Å². The standard InChI is InChI=1S/C17H19NO2/c1-14(19)12-13-18(2)15-8-10-17(11-9-15)20-16-6-4-3-5-7-16/h3-11H,12-13H2,1-2H3. The molecule has 0 saturated carbocycles. The van der Waals surface area contributed by atoms with Crippen molar-refractivity contribution in [1.82, 2.24) is 0 Å². The van der Waals surface area contributed by atoms with Crippen molar-refractivity contribution < 1.29 is 9.53 Å². The number of nitrogens with zero attached hydrogens (tertiary/aromatic N) is 1. The van der Waals surface area contributed by atoms with E-state index >= 15 is 0 Å². The van der Waals surface area contributed by atoms with E-state index in [4.69, 9.17) is 4.74 Å². The molecule has 0 saturated heterocycles. The predicted octanol–water partition coefficient (Wildman–Crippen LogP) is 3.89. The zero-order chi connectivity index (χ0) is 14.4. The molecule has 0 spiro atoms. The minimum atomic E-state index is 0.209. The Kier molecular flexibility index (Phi) is 4.77. The van der Waals surface area contributed by atoms with E-state index in [0.29, 0.717) is 6.42 Å². The molecule has 0 aromatic heterocycles. The second-order valence-corrected chi connectivity index (χ2v) is 4.78. The number of hydrogen-bond donors (Lipinski definition) is 0. The normalized spacial score (nSPS) is 10.1. The summed E-state index contributed by atoms with van der Waals surface area (Å²) in [6, 6.07) is 17.6. The molecule has 0 bridgehead atoms. The van der Waals surface area contributed by atoms with Gasteiger partial charge in [0.05, 0.1) is 0 Å². The van der Waals surface area contributed by atoms with Crippen LogP contribution in [0.3, 0.4) is 0 Å². The topological polar surface area (TPSA) is 29.5 Å². The highest BCUT2D eigenvalue weighted by atomic mass is 16.5. The van der Waals surface area contributed by atoms with Gasteiger partial charge in [0.15, 0.2) is 0 Å². The molecule has 0 unspecified atom stereocenters. The van der Waals surface area contributed by atoms with Gasteiger partial charge in [0.2, 0.25) is 0 Å². The van der Waals surface area contributed by atoms with E-state index in [1.165, 1.54) is 0 Å². The first-order valence-corrected chi connectivity index (χ1v) is 6.69. The zero-order valence-corrected chi connectivity index (χ0v) is 11.9. The molecule has 3 heteroatoms. The molecule has 0 atom stereocenters. The van der Waals surface area contributed by atoms with Gasteiger partial charge in [0, 0.05) is 25.7 Å². The molecule has 0 aliphatic carbocycles. The van der Waals surface area contributed by atoms with Crippen molar-refractivity contribution in [2.24, 2.45) is 0 Å². The Morgan fingerprint density at radius 1 is 1.00 bits per heavy atom. The third-order valence-electron chi connectivity index (χ3n) is 3.06. The first-order valence-electron chi connectivity index (χ1n) is 6.69. The molecule has 104 valence electrons. The summed E-state index contributed by atoms with van der Waals surface area (Å²) in [5, 5.41) is 0. The summed E-state index contributed by atoms with van der Waals surface area (Å²) in [6.45, 7) is 2.35. The smallest absolute Gasteiger partial charge is 0.131 e. The Labute approximate surface area is 119 Å². The molecule has 0 radical (unpaired) electrons. The Morgan fingerprint density at radius 2 is 1.60 bits per heavy atom. The summed E-state index contributed by atoms with van der Waals surface area (Å²) >= 11 is 0. The summed E-state index contributed by atoms with van der Waals surface area (Å²) < 4.78 is 5.74. The number of anilines is 1. The fraction of sp³-hybridized carbons (Fsp3) is 0.235. The van der Waals surface area contributed by atoms with Gasteiger partial charge in [-0.15, -0.1) is 0 Å². The average molecular weight is 269 g/mol. The van der Waals surface area contributed by atoms with E-state index in [1.807, 2.05) is 61.6 Å². The van der Waals surface area contributed by atoms with Crippen LogP contribution in [0.5, 0.6) is 11.5 Å². The summed E-state index contributed by atoms with van der Waals surface area (Å²) in [5.74, 6) is 1.84. The van der Waals surface area contributed by atoms with Gasteiger partial charge < -0.3 is 9.64 Å². The SMILES string of the molecule is CC(=O)CCN(C)c1ccc(Oc2ccccc2)cc1. The minimum absolute atomic E-state index is 0.209. The predicted molar refractivity (Wildman–Crippen MR) is 81.5 cm³/mol. The van der Waals surface area contributed by atoms with Crippen LogP contribution >= 0.6 is 0 Å². The number of carbonyl (C=O) groups excluding carboxylic acids is 1. The first-order chi connectivity index (χ1) is 9.65. The highest BCUT2D eigenvalue weighted by Gasteiger charge is 2.03. The highest BCUT2D eigenvalue weighted by Crippen LogP contribution is 2.23. The Bertz CT molecular complexity index is 549. The van der Waals surface area contributed by atoms with Gasteiger partial charge in [0.1, 0.15) is 17.3 Å². The van der Waals surface area contributed by atoms with Crippen LogP contribution in [-0.4, -0.2) is 19.4 Å². The Balaban J connectivity index is 1.97. The van der Waals surface area contributed by atoms with Crippen LogP contribution in [0.1, 0.15) is 13.3 Å². The Hall–Kier alpha value is -2.29. The molecule has 2 aromatic carbocycles. The highest BCUT2D eigenvalue weighted by molar-refractivity contribution is 5.76. The molecule has 0 aliphatic heterocycles. The molecule has 0 fully saturated rings. The molecule has 20 heavy (non-hydrogen) atoms. The van der Waals surface area contributed by atoms with Crippen molar-refractivity contribution >= 4 is 11.5 Å². The van der Waals surface area contributed by atoms with Crippen LogP contribution in [0.25, 0.3) is 0 Å². The quantitative estimate of drug-likeness (QED) is 0.796. The summed E-state index contributed by atoms with van der Waals surface area (Å²) in [7, 11) is 1.98. The number of Topliss-reactive ketones (excluding diaryl/α,β-unsaturated/α-hetero) is 1. The minimum Gasteiger partial charge on any atom is -0.457 e. The van der Waals surface area contributed by atoms with Crippen molar-refractivity contribution in [3.8, 4) is 11.5 Å². The van der Waals surface area contributed by atoms with Gasteiger partial charge in [-0.2, -0.15) is 0 Å². The van der Waals surface area contributed by atoms with E-state index in [9.17, 15) is 4.79 Å². The number of rotatable bonds is 6. The maximum atomic E-state index is 11.0. The lowest BCUT2D eigenvalue weighted by molar-refractivity contribution is -0.116. The van der Waals surface area contributed by atoms with Crippen molar-refractivity contribution in [2.45, 2.75) is 13.3 Å². The maximum Gasteiger partial charge on any atom is 0.131 e. The van der Waals surface area contributed by atoms with Crippen LogP contribution in [-0.2, 0) is 4.79 Å². The van der Waals surface area contributed by atoms with E-state index in [1.54, 1.807) is 6.92 Å².